The zero-order chi connectivity index (χ0) is 31.6. The third kappa shape index (κ3) is 8.19. The second-order valence-electron chi connectivity index (χ2n) is 10.7. The molecular weight excluding hydrogens is 594 g/mol. The summed E-state index contributed by atoms with van der Waals surface area (Å²) in [7, 11) is 0. The molecule has 2 aromatic heterocycles. The van der Waals surface area contributed by atoms with Gasteiger partial charge in [-0.15, -0.1) is 0 Å². The molecule has 0 saturated heterocycles. The topological polar surface area (TPSA) is 164 Å². The Balaban J connectivity index is 0.00000353. The summed E-state index contributed by atoms with van der Waals surface area (Å²) in [4.78, 5) is 54.5. The molecule has 0 aliphatic carbocycles. The molecule has 0 bridgehead atoms. The first-order valence-electron chi connectivity index (χ1n) is 13.9. The van der Waals surface area contributed by atoms with Gasteiger partial charge in [0.25, 0.3) is 11.8 Å². The van der Waals surface area contributed by atoms with Crippen molar-refractivity contribution >= 4 is 35.9 Å². The summed E-state index contributed by atoms with van der Waals surface area (Å²) in [6.07, 6.45) is 7.58. The molecule has 0 saturated carbocycles. The van der Waals surface area contributed by atoms with Crippen LogP contribution in [0.5, 0.6) is 0 Å². The molecule has 0 radical (unpaired) electrons. The summed E-state index contributed by atoms with van der Waals surface area (Å²) in [5.74, 6) is -2.28. The number of hydrogen-bond donors (Lipinski definition) is 6. The van der Waals surface area contributed by atoms with Crippen LogP contribution >= 0.6 is 0 Å². The number of aliphatic carboxylic acids is 2. The van der Waals surface area contributed by atoms with E-state index in [2.05, 4.69) is 33.8 Å². The molecule has 4 heterocycles. The van der Waals surface area contributed by atoms with Crippen LogP contribution in [0, 0.1) is 13.8 Å². The fourth-order valence-electron chi connectivity index (χ4n) is 5.61. The van der Waals surface area contributed by atoms with Crippen molar-refractivity contribution in [1.29, 1.82) is 0 Å². The van der Waals surface area contributed by atoms with Gasteiger partial charge >= 0.3 is 71.1 Å². The Morgan fingerprint density at radius 1 is 0.689 bits per heavy atom. The minimum Gasteiger partial charge on any atom is -0.481 e. The third-order valence-corrected chi connectivity index (χ3v) is 8.11. The van der Waals surface area contributed by atoms with E-state index < -0.39 is 11.9 Å². The van der Waals surface area contributed by atoms with Gasteiger partial charge in [0.1, 0.15) is 0 Å². The minimum atomic E-state index is -0.922. The van der Waals surface area contributed by atoms with E-state index in [1.165, 1.54) is 6.08 Å². The van der Waals surface area contributed by atoms with Crippen LogP contribution in [0.4, 0.5) is 0 Å². The average Bonchev–Trinajstić information content (AvgIpc) is 3.59. The number of aromatic nitrogens is 2. The number of allylic oxidation sites excluding steroid dienone is 2. The molecule has 2 aliphatic rings. The van der Waals surface area contributed by atoms with Crippen molar-refractivity contribution in [2.45, 2.75) is 59.8 Å². The van der Waals surface area contributed by atoms with Gasteiger partial charge < -0.3 is 30.8 Å². The zero-order valence-electron chi connectivity index (χ0n) is 26.8. The van der Waals surface area contributed by atoms with Gasteiger partial charge in [0.15, 0.2) is 0 Å². The minimum absolute atomic E-state index is 0. The number of rotatable bonds is 12. The van der Waals surface area contributed by atoms with Gasteiger partial charge in [-0.05, 0) is 80.5 Å². The third-order valence-electron chi connectivity index (χ3n) is 8.11. The standard InChI is InChI=1S/C33H36N4O6.2Na/c1-7-20-19(6)32(42)37-27(20)14-25-18(5)23(10-12-31(40)41)29(35-25)15-28-22(9-11-30(38)39)17(4)24(34-28)13-26-16(3)21(8-2)33(43)36-26;;/h7-8,13-14,34-35H,1-2,9-12,15H2,3-6H3,(H,36,43)(H,37,42)(H,38,39)(H,40,41);;/q;2*+1/b26-13-,27-14-;;. The van der Waals surface area contributed by atoms with Gasteiger partial charge in [0, 0.05) is 64.5 Å². The molecule has 12 heteroatoms. The van der Waals surface area contributed by atoms with Crippen LogP contribution < -0.4 is 69.7 Å². The van der Waals surface area contributed by atoms with E-state index in [4.69, 9.17) is 0 Å². The van der Waals surface area contributed by atoms with E-state index in [1.54, 1.807) is 13.0 Å². The normalized spacial score (nSPS) is 16.1. The molecule has 0 atom stereocenters. The van der Waals surface area contributed by atoms with Gasteiger partial charge in [-0.2, -0.15) is 0 Å². The maximum absolute atomic E-state index is 12.3. The Bertz CT molecular complexity index is 1720. The van der Waals surface area contributed by atoms with Crippen LogP contribution in [0.2, 0.25) is 0 Å². The molecule has 6 N–H and O–H groups in total. The Morgan fingerprint density at radius 2 is 1.13 bits per heavy atom. The molecule has 10 nitrogen and oxygen atoms in total. The van der Waals surface area contributed by atoms with Crippen LogP contribution in [-0.2, 0) is 38.4 Å². The number of hydrogen-bond acceptors (Lipinski definition) is 4. The number of H-pyrrole nitrogens is 2. The van der Waals surface area contributed by atoms with Crippen molar-refractivity contribution in [2.24, 2.45) is 0 Å². The number of carbonyl (C=O) groups excluding carboxylic acids is 2. The summed E-state index contributed by atoms with van der Waals surface area (Å²) < 4.78 is 0. The summed E-state index contributed by atoms with van der Waals surface area (Å²) >= 11 is 0. The van der Waals surface area contributed by atoms with Gasteiger partial charge in [-0.1, -0.05) is 25.3 Å². The molecule has 2 aromatic rings. The summed E-state index contributed by atoms with van der Waals surface area (Å²) in [5.41, 5.74) is 10.2. The quantitative estimate of drug-likeness (QED) is 0.157. The number of nitrogens with one attached hydrogen (secondary N) is 4. The molecule has 2 aliphatic heterocycles. The largest absolute Gasteiger partial charge is 1.00 e. The van der Waals surface area contributed by atoms with E-state index in [-0.39, 0.29) is 96.6 Å². The van der Waals surface area contributed by atoms with E-state index in [0.29, 0.717) is 34.5 Å². The summed E-state index contributed by atoms with van der Waals surface area (Å²) in [6, 6.07) is 0. The van der Waals surface area contributed by atoms with Crippen LogP contribution in [0.15, 0.2) is 59.0 Å². The number of carboxylic acid groups (broad SMARTS) is 2. The molecule has 4 rings (SSSR count). The van der Waals surface area contributed by atoms with Crippen LogP contribution in [0.1, 0.15) is 71.7 Å². The molecule has 45 heavy (non-hydrogen) atoms. The van der Waals surface area contributed by atoms with Crippen molar-refractivity contribution in [3.8, 4) is 0 Å². The van der Waals surface area contributed by atoms with Crippen molar-refractivity contribution in [1.82, 2.24) is 20.6 Å². The molecule has 2 amide bonds. The fraction of sp³-hybridized carbons (Fsp3) is 0.273. The molecular formula is C33H36N4Na2O6+2. The van der Waals surface area contributed by atoms with Gasteiger partial charge in [0.2, 0.25) is 0 Å². The summed E-state index contributed by atoms with van der Waals surface area (Å²) in [6.45, 7) is 14.9. The molecule has 0 unspecified atom stereocenters. The number of carboxylic acids is 2. The molecule has 0 spiro atoms. The Morgan fingerprint density at radius 3 is 1.56 bits per heavy atom. The monoisotopic (exact) mass is 630 g/mol. The van der Waals surface area contributed by atoms with Crippen molar-refractivity contribution < 1.29 is 88.5 Å². The Hall–Kier alpha value is -3.12. The van der Waals surface area contributed by atoms with Gasteiger partial charge in [0.05, 0.1) is 5.70 Å². The number of amides is 2. The van der Waals surface area contributed by atoms with Crippen molar-refractivity contribution in [3.05, 3.63) is 104 Å². The van der Waals surface area contributed by atoms with Crippen LogP contribution in [0.25, 0.3) is 12.2 Å². The first-order valence-corrected chi connectivity index (χ1v) is 13.9. The molecule has 0 fully saturated rings. The van der Waals surface area contributed by atoms with Crippen molar-refractivity contribution in [3.63, 3.8) is 0 Å². The first-order chi connectivity index (χ1) is 20.4. The predicted octanol–water partition coefficient (Wildman–Crippen LogP) is -1.46. The molecule has 224 valence electrons. The van der Waals surface area contributed by atoms with Crippen LogP contribution in [0.3, 0.4) is 0 Å². The Labute approximate surface area is 306 Å². The SMILES string of the molecule is C=CC1=C(C)/C(=C/c2[nH]c(Cc3[nH]c(/C=C4\NC(=O)C(C)=C4C=C)c(C)c3CCC(=O)O)c(CCC(=O)O)c2C)NC1=O.[Na+].[Na+]. The van der Waals surface area contributed by atoms with Crippen molar-refractivity contribution in [2.75, 3.05) is 0 Å². The number of carbonyl (C=O) groups is 4. The molecule has 0 aromatic carbocycles. The van der Waals surface area contributed by atoms with E-state index >= 15 is 0 Å². The maximum Gasteiger partial charge on any atom is 1.00 e. The summed E-state index contributed by atoms with van der Waals surface area (Å²) in [5, 5.41) is 24.6. The van der Waals surface area contributed by atoms with E-state index in [0.717, 1.165) is 50.6 Å². The van der Waals surface area contributed by atoms with Gasteiger partial charge in [-0.3, -0.25) is 19.2 Å². The second kappa shape index (κ2) is 15.9. The Kier molecular flexibility index (Phi) is 13.5. The average molecular weight is 631 g/mol. The second-order valence-corrected chi connectivity index (χ2v) is 10.7. The van der Waals surface area contributed by atoms with Crippen LogP contribution in [-0.4, -0.2) is 43.9 Å². The van der Waals surface area contributed by atoms with E-state index in [9.17, 15) is 29.4 Å². The maximum atomic E-state index is 12.3. The van der Waals surface area contributed by atoms with E-state index in [1.807, 2.05) is 32.9 Å². The first kappa shape index (κ1) is 38.1. The fourth-order valence-corrected chi connectivity index (χ4v) is 5.61. The predicted molar refractivity (Wildman–Crippen MR) is 164 cm³/mol. The zero-order valence-corrected chi connectivity index (χ0v) is 30.8. The number of aromatic amines is 2. The van der Waals surface area contributed by atoms with Gasteiger partial charge in [-0.25, -0.2) is 0 Å². The smallest absolute Gasteiger partial charge is 0.481 e.